The molecule has 2 heteroatoms. The molecule has 76 valence electrons. The highest BCUT2D eigenvalue weighted by Gasteiger charge is 2.26. The molecule has 2 saturated heterocycles. The smallest absolute Gasteiger partial charge is 0.0622 e. The topological polar surface area (TPSA) is 12.5 Å². The second kappa shape index (κ2) is 4.43. The van der Waals surface area contributed by atoms with Gasteiger partial charge in [-0.05, 0) is 38.3 Å². The van der Waals surface area contributed by atoms with E-state index in [0.29, 0.717) is 0 Å². The fourth-order valence-corrected chi connectivity index (χ4v) is 2.54. The van der Waals surface area contributed by atoms with Crippen LogP contribution in [-0.2, 0) is 4.74 Å². The lowest BCUT2D eigenvalue weighted by atomic mass is 9.93. The zero-order chi connectivity index (χ0) is 9.10. The van der Waals surface area contributed by atoms with Gasteiger partial charge in [-0.3, -0.25) is 4.90 Å². The molecule has 2 heterocycles. The average Bonchev–Trinajstić information content (AvgIpc) is 2.71. The SMILES string of the molecule is CCC1CCN([C@@H]2CCOC2)CC1. The Morgan fingerprint density at radius 3 is 2.54 bits per heavy atom. The highest BCUT2D eigenvalue weighted by molar-refractivity contribution is 4.80. The van der Waals surface area contributed by atoms with Crippen molar-refractivity contribution in [2.24, 2.45) is 5.92 Å². The molecule has 0 bridgehead atoms. The van der Waals surface area contributed by atoms with Gasteiger partial charge in [0, 0.05) is 12.6 Å². The number of ether oxygens (including phenoxy) is 1. The van der Waals surface area contributed by atoms with E-state index in [9.17, 15) is 0 Å². The van der Waals surface area contributed by atoms with Crippen molar-refractivity contribution in [3.05, 3.63) is 0 Å². The summed E-state index contributed by atoms with van der Waals surface area (Å²) in [4.78, 5) is 2.64. The van der Waals surface area contributed by atoms with Crippen molar-refractivity contribution >= 4 is 0 Å². The Morgan fingerprint density at radius 2 is 2.00 bits per heavy atom. The fourth-order valence-electron chi connectivity index (χ4n) is 2.54. The van der Waals surface area contributed by atoms with Crippen molar-refractivity contribution in [2.45, 2.75) is 38.6 Å². The lowest BCUT2D eigenvalue weighted by Crippen LogP contribution is -2.41. The summed E-state index contributed by atoms with van der Waals surface area (Å²) in [7, 11) is 0. The van der Waals surface area contributed by atoms with E-state index in [1.165, 1.54) is 38.8 Å². The van der Waals surface area contributed by atoms with E-state index < -0.39 is 0 Å². The van der Waals surface area contributed by atoms with Gasteiger partial charge in [0.1, 0.15) is 0 Å². The van der Waals surface area contributed by atoms with Crippen LogP contribution in [0.2, 0.25) is 0 Å². The first kappa shape index (κ1) is 9.47. The summed E-state index contributed by atoms with van der Waals surface area (Å²) in [5.41, 5.74) is 0. The van der Waals surface area contributed by atoms with Crippen LogP contribution in [0.1, 0.15) is 32.6 Å². The first-order valence-electron chi connectivity index (χ1n) is 5.72. The monoisotopic (exact) mass is 183 g/mol. The maximum absolute atomic E-state index is 5.42. The first-order valence-corrected chi connectivity index (χ1v) is 5.72. The standard InChI is InChI=1S/C11H21NO/c1-2-10-3-6-12(7-4-10)11-5-8-13-9-11/h10-11H,2-9H2,1H3/t11-/m1/s1. The maximum atomic E-state index is 5.42. The van der Waals surface area contributed by atoms with Crippen molar-refractivity contribution < 1.29 is 4.74 Å². The number of hydrogen-bond acceptors (Lipinski definition) is 2. The minimum Gasteiger partial charge on any atom is -0.380 e. The third-order valence-corrected chi connectivity index (χ3v) is 3.65. The molecule has 0 spiro atoms. The van der Waals surface area contributed by atoms with Gasteiger partial charge in [-0.25, -0.2) is 0 Å². The Morgan fingerprint density at radius 1 is 1.23 bits per heavy atom. The van der Waals surface area contributed by atoms with Gasteiger partial charge in [0.25, 0.3) is 0 Å². The van der Waals surface area contributed by atoms with Crippen LogP contribution in [0.5, 0.6) is 0 Å². The highest BCUT2D eigenvalue weighted by Crippen LogP contribution is 2.23. The van der Waals surface area contributed by atoms with Gasteiger partial charge in [0.2, 0.25) is 0 Å². The Balaban J connectivity index is 1.77. The van der Waals surface area contributed by atoms with Crippen LogP contribution in [0.4, 0.5) is 0 Å². The van der Waals surface area contributed by atoms with Gasteiger partial charge in [-0.1, -0.05) is 13.3 Å². The van der Waals surface area contributed by atoms with Crippen LogP contribution < -0.4 is 0 Å². The number of piperidine rings is 1. The highest BCUT2D eigenvalue weighted by atomic mass is 16.5. The molecule has 2 fully saturated rings. The molecule has 13 heavy (non-hydrogen) atoms. The Bertz CT molecular complexity index is 146. The minimum atomic E-state index is 0.748. The van der Waals surface area contributed by atoms with Crippen LogP contribution in [0.3, 0.4) is 0 Å². The third kappa shape index (κ3) is 2.23. The molecular formula is C11H21NO. The van der Waals surface area contributed by atoms with Gasteiger partial charge in [-0.15, -0.1) is 0 Å². The van der Waals surface area contributed by atoms with Gasteiger partial charge < -0.3 is 4.74 Å². The van der Waals surface area contributed by atoms with Crippen LogP contribution in [0, 0.1) is 5.92 Å². The molecule has 0 N–H and O–H groups in total. The predicted molar refractivity (Wildman–Crippen MR) is 53.8 cm³/mol. The molecule has 2 aliphatic rings. The minimum absolute atomic E-state index is 0.748. The molecule has 0 aliphatic carbocycles. The molecule has 0 aromatic heterocycles. The lowest BCUT2D eigenvalue weighted by molar-refractivity contribution is 0.109. The average molecular weight is 183 g/mol. The van der Waals surface area contributed by atoms with E-state index >= 15 is 0 Å². The number of rotatable bonds is 2. The summed E-state index contributed by atoms with van der Waals surface area (Å²) in [5, 5.41) is 0. The molecule has 1 atom stereocenters. The summed E-state index contributed by atoms with van der Waals surface area (Å²) < 4.78 is 5.42. The Labute approximate surface area is 81.3 Å². The van der Waals surface area contributed by atoms with E-state index in [0.717, 1.165) is 25.2 Å². The van der Waals surface area contributed by atoms with E-state index in [1.54, 1.807) is 0 Å². The van der Waals surface area contributed by atoms with Gasteiger partial charge in [0.05, 0.1) is 6.61 Å². The molecule has 0 unspecified atom stereocenters. The van der Waals surface area contributed by atoms with Gasteiger partial charge in [0.15, 0.2) is 0 Å². The van der Waals surface area contributed by atoms with Gasteiger partial charge in [-0.2, -0.15) is 0 Å². The first-order chi connectivity index (χ1) is 6.40. The van der Waals surface area contributed by atoms with Crippen LogP contribution >= 0.6 is 0 Å². The molecule has 0 aromatic rings. The zero-order valence-corrected chi connectivity index (χ0v) is 8.67. The maximum Gasteiger partial charge on any atom is 0.0622 e. The van der Waals surface area contributed by atoms with Crippen molar-refractivity contribution in [1.82, 2.24) is 4.90 Å². The summed E-state index contributed by atoms with van der Waals surface area (Å²) in [6, 6.07) is 0.748. The summed E-state index contributed by atoms with van der Waals surface area (Å²) in [5.74, 6) is 0.999. The lowest BCUT2D eigenvalue weighted by Gasteiger charge is -2.34. The van der Waals surface area contributed by atoms with Crippen molar-refractivity contribution in [3.63, 3.8) is 0 Å². The Kier molecular flexibility index (Phi) is 3.23. The largest absolute Gasteiger partial charge is 0.380 e. The number of nitrogens with zero attached hydrogens (tertiary/aromatic N) is 1. The van der Waals surface area contributed by atoms with E-state index in [4.69, 9.17) is 4.74 Å². The summed E-state index contributed by atoms with van der Waals surface area (Å²) in [6.45, 7) is 6.91. The predicted octanol–water partition coefficient (Wildman–Crippen LogP) is 1.90. The molecule has 0 radical (unpaired) electrons. The summed E-state index contributed by atoms with van der Waals surface area (Å²) in [6.07, 6.45) is 5.45. The van der Waals surface area contributed by atoms with Gasteiger partial charge >= 0.3 is 0 Å². The van der Waals surface area contributed by atoms with Crippen molar-refractivity contribution in [1.29, 1.82) is 0 Å². The van der Waals surface area contributed by atoms with Crippen LogP contribution in [0.25, 0.3) is 0 Å². The number of likely N-dealkylation sites (tertiary alicyclic amines) is 1. The zero-order valence-electron chi connectivity index (χ0n) is 8.67. The normalized spacial score (nSPS) is 32.5. The second-order valence-corrected chi connectivity index (χ2v) is 4.41. The fraction of sp³-hybridized carbons (Fsp3) is 1.00. The van der Waals surface area contributed by atoms with E-state index in [1.807, 2.05) is 0 Å². The third-order valence-electron chi connectivity index (χ3n) is 3.65. The second-order valence-electron chi connectivity index (χ2n) is 4.41. The molecule has 2 rings (SSSR count). The molecule has 2 aliphatic heterocycles. The van der Waals surface area contributed by atoms with Crippen molar-refractivity contribution in [2.75, 3.05) is 26.3 Å². The molecule has 0 saturated carbocycles. The molecular weight excluding hydrogens is 162 g/mol. The van der Waals surface area contributed by atoms with Crippen LogP contribution in [-0.4, -0.2) is 37.2 Å². The van der Waals surface area contributed by atoms with E-state index in [-0.39, 0.29) is 0 Å². The molecule has 2 nitrogen and oxygen atoms in total. The molecule has 0 amide bonds. The van der Waals surface area contributed by atoms with Crippen molar-refractivity contribution in [3.8, 4) is 0 Å². The van der Waals surface area contributed by atoms with E-state index in [2.05, 4.69) is 11.8 Å². The number of hydrogen-bond donors (Lipinski definition) is 0. The summed E-state index contributed by atoms with van der Waals surface area (Å²) >= 11 is 0. The quantitative estimate of drug-likeness (QED) is 0.648. The Hall–Kier alpha value is -0.0800. The molecule has 0 aromatic carbocycles. The van der Waals surface area contributed by atoms with Crippen LogP contribution in [0.15, 0.2) is 0 Å².